The van der Waals surface area contributed by atoms with Gasteiger partial charge in [0.2, 0.25) is 0 Å². The Morgan fingerprint density at radius 2 is 1.75 bits per heavy atom. The smallest absolute Gasteiger partial charge is 0.437 e. The zero-order valence-electron chi connectivity index (χ0n) is 12.8. The van der Waals surface area contributed by atoms with Crippen LogP contribution in [0.15, 0.2) is 24.2 Å². The molecule has 0 amide bonds. The summed E-state index contributed by atoms with van der Waals surface area (Å²) in [6, 6.07) is 0. The fourth-order valence-electron chi connectivity index (χ4n) is 3.83. The van der Waals surface area contributed by atoms with E-state index in [-0.39, 0.29) is 18.4 Å². The van der Waals surface area contributed by atoms with E-state index in [1.54, 1.807) is 6.08 Å². The highest BCUT2D eigenvalue weighted by Gasteiger charge is 2.74. The van der Waals surface area contributed by atoms with Gasteiger partial charge in [0, 0.05) is 6.42 Å². The number of fused-ring (bicyclic) bond motifs is 2. The third kappa shape index (κ3) is 2.99. The van der Waals surface area contributed by atoms with E-state index in [9.17, 15) is 26.3 Å². The first-order valence-electron chi connectivity index (χ1n) is 7.96. The molecule has 0 aromatic rings. The molecule has 3 rings (SSSR count). The Kier molecular flexibility index (Phi) is 4.28. The van der Waals surface area contributed by atoms with Crippen molar-refractivity contribution in [2.75, 3.05) is 6.61 Å². The van der Waals surface area contributed by atoms with Crippen LogP contribution in [0.4, 0.5) is 26.3 Å². The lowest BCUT2D eigenvalue weighted by atomic mass is 9.81. The lowest BCUT2D eigenvalue weighted by molar-refractivity contribution is -0.384. The summed E-state index contributed by atoms with van der Waals surface area (Å²) in [5.74, 6) is -1.55. The summed E-state index contributed by atoms with van der Waals surface area (Å²) in [5.41, 5.74) is -4.23. The summed E-state index contributed by atoms with van der Waals surface area (Å²) < 4.78 is 90.9. The van der Waals surface area contributed by atoms with Gasteiger partial charge in [0.25, 0.3) is 5.95 Å². The Bertz CT molecular complexity index is 520. The molecule has 3 aliphatic rings. The summed E-state index contributed by atoms with van der Waals surface area (Å²) >= 11 is 0. The van der Waals surface area contributed by atoms with Gasteiger partial charge in [-0.1, -0.05) is 12.2 Å². The topological polar surface area (TPSA) is 18.5 Å². The highest BCUT2D eigenvalue weighted by atomic mass is 19.4. The van der Waals surface area contributed by atoms with Crippen molar-refractivity contribution >= 4 is 0 Å². The van der Waals surface area contributed by atoms with Gasteiger partial charge in [-0.3, -0.25) is 0 Å². The largest absolute Gasteiger partial charge is 0.466 e. The van der Waals surface area contributed by atoms with Gasteiger partial charge in [0.1, 0.15) is 0 Å². The minimum Gasteiger partial charge on any atom is -0.466 e. The van der Waals surface area contributed by atoms with Gasteiger partial charge in [-0.2, -0.15) is 26.3 Å². The Balaban J connectivity index is 1.92. The number of hydrogen-bond acceptors (Lipinski definition) is 2. The van der Waals surface area contributed by atoms with E-state index in [1.165, 1.54) is 0 Å². The van der Waals surface area contributed by atoms with E-state index < -0.39 is 36.2 Å². The maximum absolute atomic E-state index is 13.6. The summed E-state index contributed by atoms with van der Waals surface area (Å²) in [5, 5.41) is 0. The van der Waals surface area contributed by atoms with Crippen molar-refractivity contribution in [1.82, 2.24) is 0 Å². The van der Waals surface area contributed by atoms with E-state index in [1.807, 2.05) is 6.08 Å². The zero-order valence-corrected chi connectivity index (χ0v) is 12.8. The first-order chi connectivity index (χ1) is 11.1. The molecule has 2 bridgehead atoms. The van der Waals surface area contributed by atoms with Crippen LogP contribution >= 0.6 is 0 Å². The monoisotopic (exact) mass is 356 g/mol. The Morgan fingerprint density at radius 3 is 2.21 bits per heavy atom. The molecule has 1 heterocycles. The van der Waals surface area contributed by atoms with Gasteiger partial charge in [-0.25, -0.2) is 0 Å². The van der Waals surface area contributed by atoms with Crippen molar-refractivity contribution in [2.24, 2.45) is 17.8 Å². The van der Waals surface area contributed by atoms with Crippen LogP contribution in [0.3, 0.4) is 0 Å². The lowest BCUT2D eigenvalue weighted by Gasteiger charge is -2.40. The number of halogens is 6. The molecule has 2 aliphatic carbocycles. The highest BCUT2D eigenvalue weighted by molar-refractivity contribution is 5.13. The minimum atomic E-state index is -5.58. The summed E-state index contributed by atoms with van der Waals surface area (Å²) in [6.07, 6.45) is -5.73. The van der Waals surface area contributed by atoms with E-state index in [0.717, 1.165) is 6.08 Å². The molecule has 1 fully saturated rings. The van der Waals surface area contributed by atoms with E-state index >= 15 is 0 Å². The van der Waals surface area contributed by atoms with Crippen molar-refractivity contribution in [3.63, 3.8) is 0 Å². The maximum Gasteiger partial charge on any atom is 0.437 e. The maximum atomic E-state index is 13.6. The van der Waals surface area contributed by atoms with E-state index in [4.69, 9.17) is 4.74 Å². The third-order valence-corrected chi connectivity index (χ3v) is 5.06. The van der Waals surface area contributed by atoms with Crippen LogP contribution in [0.25, 0.3) is 0 Å². The van der Waals surface area contributed by atoms with Crippen LogP contribution in [0, 0.1) is 17.8 Å². The Morgan fingerprint density at radius 1 is 1.04 bits per heavy atom. The number of alkyl halides is 6. The normalized spacial score (nSPS) is 30.2. The van der Waals surface area contributed by atoms with Gasteiger partial charge in [-0.05, 0) is 49.5 Å². The molecule has 1 saturated carbocycles. The average molecular weight is 356 g/mol. The van der Waals surface area contributed by atoms with Crippen molar-refractivity contribution in [1.29, 1.82) is 0 Å². The van der Waals surface area contributed by atoms with Crippen molar-refractivity contribution in [3.05, 3.63) is 24.2 Å². The highest BCUT2D eigenvalue weighted by Crippen LogP contribution is 2.55. The number of hydrogen-bond donors (Lipinski definition) is 0. The molecular weight excluding hydrogens is 338 g/mol. The molecule has 0 N–H and O–H groups in total. The van der Waals surface area contributed by atoms with Gasteiger partial charge >= 0.3 is 18.0 Å². The first-order valence-corrected chi connectivity index (χ1v) is 7.96. The van der Waals surface area contributed by atoms with Crippen LogP contribution in [0.1, 0.15) is 32.1 Å². The molecule has 0 radical (unpaired) electrons. The SMILES string of the molecule is FC(F)(F)C(CC1CC2C=CC1C2)(OC1=CCCCO1)C(F)(F)F. The third-order valence-electron chi connectivity index (χ3n) is 5.06. The van der Waals surface area contributed by atoms with Gasteiger partial charge in [0.05, 0.1) is 6.61 Å². The predicted octanol–water partition coefficient (Wildman–Crippen LogP) is 5.12. The standard InChI is InChI=1S/C16H18F6O2/c17-15(18,19)14(16(20,21)22,24-13-3-1-2-6-23-13)9-12-8-10-4-5-11(12)7-10/h3-5,10-12H,1-2,6-9H2. The lowest BCUT2D eigenvalue weighted by Crippen LogP contribution is -2.60. The van der Waals surface area contributed by atoms with E-state index in [2.05, 4.69) is 4.74 Å². The Labute approximate surface area is 135 Å². The molecule has 0 saturated heterocycles. The van der Waals surface area contributed by atoms with Gasteiger partial charge in [0.15, 0.2) is 0 Å². The molecule has 136 valence electrons. The second-order valence-electron chi connectivity index (χ2n) is 6.68. The Hall–Kier alpha value is -1.34. The van der Waals surface area contributed by atoms with Crippen LogP contribution in [0.5, 0.6) is 0 Å². The fourth-order valence-corrected chi connectivity index (χ4v) is 3.83. The quantitative estimate of drug-likeness (QED) is 0.514. The molecule has 8 heteroatoms. The predicted molar refractivity (Wildman–Crippen MR) is 72.7 cm³/mol. The molecule has 0 spiro atoms. The summed E-state index contributed by atoms with van der Waals surface area (Å²) in [6.45, 7) is 0.0501. The van der Waals surface area contributed by atoms with Gasteiger partial charge in [-0.15, -0.1) is 0 Å². The van der Waals surface area contributed by atoms with Gasteiger partial charge < -0.3 is 9.47 Å². The molecule has 1 aliphatic heterocycles. The molecule has 0 aromatic heterocycles. The van der Waals surface area contributed by atoms with Crippen molar-refractivity contribution in [2.45, 2.75) is 50.1 Å². The van der Waals surface area contributed by atoms with Crippen LogP contribution in [-0.4, -0.2) is 24.6 Å². The molecule has 3 atom stereocenters. The summed E-state index contributed by atoms with van der Waals surface area (Å²) in [4.78, 5) is 0. The molecule has 3 unspecified atom stereocenters. The van der Waals surface area contributed by atoms with Crippen molar-refractivity contribution in [3.8, 4) is 0 Å². The van der Waals surface area contributed by atoms with Crippen LogP contribution < -0.4 is 0 Å². The van der Waals surface area contributed by atoms with Crippen LogP contribution in [0.2, 0.25) is 0 Å². The second-order valence-corrected chi connectivity index (χ2v) is 6.68. The molecular formula is C16H18F6O2. The second kappa shape index (κ2) is 5.88. The van der Waals surface area contributed by atoms with Crippen LogP contribution in [-0.2, 0) is 9.47 Å². The minimum absolute atomic E-state index is 0.0501. The molecule has 2 nitrogen and oxygen atoms in total. The molecule has 0 aromatic carbocycles. The summed E-state index contributed by atoms with van der Waals surface area (Å²) in [7, 11) is 0. The number of ether oxygens (including phenoxy) is 2. The average Bonchev–Trinajstić information content (AvgIpc) is 3.07. The number of rotatable bonds is 4. The van der Waals surface area contributed by atoms with Crippen molar-refractivity contribution < 1.29 is 35.8 Å². The van der Waals surface area contributed by atoms with E-state index in [0.29, 0.717) is 25.7 Å². The zero-order chi connectivity index (χ0) is 17.6. The molecule has 24 heavy (non-hydrogen) atoms. The number of allylic oxidation sites excluding steroid dienone is 3. The fraction of sp³-hybridized carbons (Fsp3) is 0.750. The first kappa shape index (κ1) is 17.5.